The zero-order valence-corrected chi connectivity index (χ0v) is 24.4. The Kier molecular flexibility index (Phi) is 5.70. The number of nitrogens with zero attached hydrogens (tertiary/aromatic N) is 2. The van der Waals surface area contributed by atoms with Crippen LogP contribution < -0.4 is 0 Å². The summed E-state index contributed by atoms with van der Waals surface area (Å²) in [4.78, 5) is 9.72. The predicted molar refractivity (Wildman–Crippen MR) is 167 cm³/mol. The summed E-state index contributed by atoms with van der Waals surface area (Å²) in [5, 5.41) is 1.71. The molecule has 0 radical (unpaired) electrons. The largest absolute Gasteiger partial charge is 0.437 e. The fraction of sp³-hybridized carbons (Fsp3) is 0.444. The van der Waals surface area contributed by atoms with Gasteiger partial charge in [0.2, 0.25) is 5.71 Å². The number of para-hydroxylation sites is 1. The zero-order chi connectivity index (χ0) is 33.3. The maximum atomic E-state index is 9.54. The van der Waals surface area contributed by atoms with E-state index in [1.54, 1.807) is 0 Å². The van der Waals surface area contributed by atoms with E-state index in [9.17, 15) is 1.37 Å². The number of aromatic nitrogens is 1. The minimum Gasteiger partial charge on any atom is -0.437 e. The number of furan rings is 1. The van der Waals surface area contributed by atoms with Crippen molar-refractivity contribution in [3.8, 4) is 11.3 Å². The van der Waals surface area contributed by atoms with E-state index in [0.717, 1.165) is 33.0 Å². The van der Waals surface area contributed by atoms with Gasteiger partial charge in [-0.3, -0.25) is 4.99 Å². The molecule has 2 aromatic heterocycles. The maximum Gasteiger partial charge on any atom is 0.227 e. The highest BCUT2D eigenvalue weighted by atomic mass is 16.3. The van der Waals surface area contributed by atoms with Crippen LogP contribution in [0.5, 0.6) is 0 Å². The van der Waals surface area contributed by atoms with Crippen LogP contribution in [0.1, 0.15) is 111 Å². The Bertz CT molecular complexity index is 1780. The quantitative estimate of drug-likeness (QED) is 0.240. The van der Waals surface area contributed by atoms with Gasteiger partial charge in [-0.2, -0.15) is 0 Å². The molecule has 2 aromatic carbocycles. The van der Waals surface area contributed by atoms with Crippen molar-refractivity contribution in [2.45, 2.75) is 86.5 Å². The molecule has 3 heterocycles. The van der Waals surface area contributed by atoms with Crippen LogP contribution in [0.15, 0.2) is 69.1 Å². The van der Waals surface area contributed by atoms with E-state index in [4.69, 9.17) is 21.2 Å². The monoisotopic (exact) mass is 526 g/mol. The molecule has 0 fully saturated rings. The molecule has 0 spiro atoms. The first-order valence-corrected chi connectivity index (χ1v) is 14.0. The Hall–Kier alpha value is -3.20. The second kappa shape index (κ2) is 10.8. The Morgan fingerprint density at radius 1 is 0.846 bits per heavy atom. The summed E-state index contributed by atoms with van der Waals surface area (Å²) in [5.74, 6) is -3.10. The summed E-state index contributed by atoms with van der Waals surface area (Å²) in [7, 11) is 0. The van der Waals surface area contributed by atoms with E-state index in [0.29, 0.717) is 29.0 Å². The number of rotatable bonds is 7. The molecule has 1 unspecified atom stereocenters. The van der Waals surface area contributed by atoms with Gasteiger partial charge in [0.05, 0.1) is 11.7 Å². The highest BCUT2D eigenvalue weighted by Gasteiger charge is 2.29. The van der Waals surface area contributed by atoms with Crippen molar-refractivity contribution >= 4 is 28.3 Å². The second-order valence-electron chi connectivity index (χ2n) is 11.8. The summed E-state index contributed by atoms with van der Waals surface area (Å²) in [6, 6.07) is 15.2. The van der Waals surface area contributed by atoms with Crippen LogP contribution in [-0.2, 0) is 0 Å². The molecule has 5 rings (SSSR count). The molecule has 0 saturated carbocycles. The van der Waals surface area contributed by atoms with Gasteiger partial charge in [0, 0.05) is 36.3 Å². The first-order chi connectivity index (χ1) is 20.8. The Morgan fingerprint density at radius 3 is 2.13 bits per heavy atom. The normalized spacial score (nSPS) is 19.8. The molecule has 0 N–H and O–H groups in total. The second-order valence-corrected chi connectivity index (χ2v) is 11.8. The molecule has 0 bridgehead atoms. The number of dihydropyridines is 1. The van der Waals surface area contributed by atoms with Gasteiger partial charge in [-0.25, -0.2) is 4.98 Å². The third kappa shape index (κ3) is 4.97. The van der Waals surface area contributed by atoms with Crippen LogP contribution in [0.2, 0.25) is 0 Å². The Balaban J connectivity index is 1.68. The fourth-order valence-corrected chi connectivity index (χ4v) is 6.19. The van der Waals surface area contributed by atoms with Crippen molar-refractivity contribution in [2.24, 2.45) is 22.7 Å². The SMILES string of the molecule is [2H]C([2H])([2H])C1=C(C([2H])(C(C)C)C(C)C)CC(c2cccc3c2oc2nc(-c4c(C([2H])(C)C)cccc4C([2H])(C)C)ccc23)N=C1. The van der Waals surface area contributed by atoms with E-state index in [1.165, 1.54) is 6.21 Å². The van der Waals surface area contributed by atoms with Crippen molar-refractivity contribution in [1.82, 2.24) is 4.98 Å². The summed E-state index contributed by atoms with van der Waals surface area (Å²) in [5.41, 5.74) is 5.68. The summed E-state index contributed by atoms with van der Waals surface area (Å²) < 4.78 is 58.5. The van der Waals surface area contributed by atoms with Crippen molar-refractivity contribution in [1.29, 1.82) is 0 Å². The molecule has 204 valence electrons. The summed E-state index contributed by atoms with van der Waals surface area (Å²) in [6.07, 6.45) is 1.78. The van der Waals surface area contributed by atoms with E-state index in [-0.39, 0.29) is 17.4 Å². The maximum absolute atomic E-state index is 9.54. The first-order valence-electron chi connectivity index (χ1n) is 17.0. The lowest BCUT2D eigenvalue weighted by molar-refractivity contribution is 0.323. The van der Waals surface area contributed by atoms with Gasteiger partial charge in [0.25, 0.3) is 0 Å². The molecule has 0 aliphatic carbocycles. The molecule has 3 heteroatoms. The van der Waals surface area contributed by atoms with Gasteiger partial charge in [-0.1, -0.05) is 97.4 Å². The predicted octanol–water partition coefficient (Wildman–Crippen LogP) is 10.7. The average Bonchev–Trinajstić information content (AvgIpc) is 3.32. The van der Waals surface area contributed by atoms with E-state index in [2.05, 4.69) is 0 Å². The third-order valence-electron chi connectivity index (χ3n) is 7.85. The lowest BCUT2D eigenvalue weighted by Gasteiger charge is -2.32. The number of pyridine rings is 1. The van der Waals surface area contributed by atoms with Crippen LogP contribution in [0.25, 0.3) is 33.3 Å². The van der Waals surface area contributed by atoms with Gasteiger partial charge >= 0.3 is 0 Å². The molecule has 39 heavy (non-hydrogen) atoms. The smallest absolute Gasteiger partial charge is 0.227 e. The lowest BCUT2D eigenvalue weighted by atomic mass is 9.74. The number of hydrogen-bond donors (Lipinski definition) is 0. The van der Waals surface area contributed by atoms with Crippen LogP contribution in [0.3, 0.4) is 0 Å². The molecule has 3 nitrogen and oxygen atoms in total. The molecular weight excluding hydrogens is 476 g/mol. The molecule has 1 atom stereocenters. The van der Waals surface area contributed by atoms with Crippen LogP contribution in [-0.4, -0.2) is 11.2 Å². The number of allylic oxidation sites excluding steroid dienone is 1. The fourth-order valence-electron chi connectivity index (χ4n) is 6.19. The summed E-state index contributed by atoms with van der Waals surface area (Å²) >= 11 is 0. The topological polar surface area (TPSA) is 38.4 Å². The van der Waals surface area contributed by atoms with Crippen LogP contribution in [0.4, 0.5) is 0 Å². The summed E-state index contributed by atoms with van der Waals surface area (Å²) in [6.45, 7) is 12.9. The van der Waals surface area contributed by atoms with Gasteiger partial charge in [-0.15, -0.1) is 0 Å². The van der Waals surface area contributed by atoms with Crippen molar-refractivity contribution in [3.05, 3.63) is 76.4 Å². The molecule has 1 aliphatic heterocycles. The third-order valence-corrected chi connectivity index (χ3v) is 7.85. The Labute approximate surface area is 242 Å². The molecule has 0 amide bonds. The van der Waals surface area contributed by atoms with Gasteiger partial charge in [0.15, 0.2) is 0 Å². The minimum absolute atomic E-state index is 0.100. The standard InChI is InChI=1S/C36H44N2O/c1-20(2)25-12-10-13-26(21(3)4)34(25)31-17-16-28-27-14-11-15-29(35(27)39-36(28)38-31)32-18-30(24(9)19-37-32)33(22(5)6)23(7)8/h10-17,19-23,32-33H,18H2,1-9H3/i9D3,20D,21D,33D. The Morgan fingerprint density at radius 2 is 1.51 bits per heavy atom. The molecule has 1 aliphatic rings. The highest BCUT2D eigenvalue weighted by Crippen LogP contribution is 2.43. The van der Waals surface area contributed by atoms with Gasteiger partial charge in [-0.05, 0) is 71.6 Å². The van der Waals surface area contributed by atoms with Crippen molar-refractivity contribution in [2.75, 3.05) is 0 Å². The number of hydrogen-bond acceptors (Lipinski definition) is 3. The first kappa shape index (κ1) is 20.7. The zero-order valence-electron chi connectivity index (χ0n) is 30.4. The van der Waals surface area contributed by atoms with E-state index < -0.39 is 30.6 Å². The average molecular weight is 527 g/mol. The minimum atomic E-state index is -2.37. The van der Waals surface area contributed by atoms with E-state index in [1.807, 2.05) is 104 Å². The van der Waals surface area contributed by atoms with Crippen molar-refractivity contribution < 1.29 is 12.6 Å². The number of fused-ring (bicyclic) bond motifs is 3. The van der Waals surface area contributed by atoms with Crippen molar-refractivity contribution in [3.63, 3.8) is 0 Å². The number of aliphatic imine (C=N–C) groups is 1. The molecular formula is C36H44N2O. The van der Waals surface area contributed by atoms with Crippen LogP contribution in [0, 0.1) is 17.7 Å². The number of benzene rings is 2. The van der Waals surface area contributed by atoms with E-state index >= 15 is 0 Å². The molecule has 0 saturated heterocycles. The highest BCUT2D eigenvalue weighted by molar-refractivity contribution is 6.05. The van der Waals surface area contributed by atoms with Crippen LogP contribution >= 0.6 is 0 Å². The van der Waals surface area contributed by atoms with Gasteiger partial charge < -0.3 is 4.42 Å². The lowest BCUT2D eigenvalue weighted by Crippen LogP contribution is -2.22. The van der Waals surface area contributed by atoms with Gasteiger partial charge in [0.1, 0.15) is 5.58 Å². The molecule has 4 aromatic rings.